The highest BCUT2D eigenvalue weighted by molar-refractivity contribution is 9.10. The normalized spacial score (nSPS) is 11.6. The highest BCUT2D eigenvalue weighted by Gasteiger charge is 2.18. The number of nitrogens with zero attached hydrogens (tertiary/aromatic N) is 3. The lowest BCUT2D eigenvalue weighted by Crippen LogP contribution is -2.23. The Kier molecular flexibility index (Phi) is 5.24. The predicted octanol–water partition coefficient (Wildman–Crippen LogP) is 3.47. The Balaban J connectivity index is 1.80. The van der Waals surface area contributed by atoms with Crippen LogP contribution in [0.3, 0.4) is 0 Å². The van der Waals surface area contributed by atoms with E-state index in [1.807, 2.05) is 11.5 Å². The summed E-state index contributed by atoms with van der Waals surface area (Å²) in [7, 11) is -3.72. The number of rotatable bonds is 5. The van der Waals surface area contributed by atoms with Crippen LogP contribution in [0.2, 0.25) is 5.02 Å². The fraction of sp³-hybridized carbons (Fsp3) is 0.125. The molecule has 9 heteroatoms. The van der Waals surface area contributed by atoms with E-state index in [4.69, 9.17) is 11.6 Å². The molecule has 130 valence electrons. The van der Waals surface area contributed by atoms with Gasteiger partial charge in [0.15, 0.2) is 0 Å². The summed E-state index contributed by atoms with van der Waals surface area (Å²) in [5.74, 6) is 1.47. The minimum atomic E-state index is -3.72. The van der Waals surface area contributed by atoms with Crippen molar-refractivity contribution in [2.75, 3.05) is 0 Å². The van der Waals surface area contributed by atoms with Gasteiger partial charge >= 0.3 is 0 Å². The maximum absolute atomic E-state index is 12.5. The molecule has 0 saturated heterocycles. The van der Waals surface area contributed by atoms with E-state index in [0.717, 1.165) is 11.4 Å². The van der Waals surface area contributed by atoms with Gasteiger partial charge in [-0.25, -0.2) is 23.1 Å². The number of sulfonamides is 1. The Labute approximate surface area is 159 Å². The molecule has 0 spiro atoms. The molecule has 0 aliphatic carbocycles. The average molecular weight is 442 g/mol. The number of aryl methyl sites for hydroxylation is 1. The van der Waals surface area contributed by atoms with Gasteiger partial charge in [-0.05, 0) is 42.8 Å². The second-order valence-electron chi connectivity index (χ2n) is 5.27. The van der Waals surface area contributed by atoms with Crippen molar-refractivity contribution in [3.8, 4) is 5.82 Å². The number of hydrogen-bond donors (Lipinski definition) is 1. The maximum Gasteiger partial charge on any atom is 0.242 e. The van der Waals surface area contributed by atoms with Crippen molar-refractivity contribution in [1.29, 1.82) is 0 Å². The van der Waals surface area contributed by atoms with Crippen LogP contribution in [-0.4, -0.2) is 23.0 Å². The van der Waals surface area contributed by atoms with Gasteiger partial charge in [0.1, 0.15) is 16.5 Å². The quantitative estimate of drug-likeness (QED) is 0.658. The number of imidazole rings is 1. The summed E-state index contributed by atoms with van der Waals surface area (Å²) in [6.45, 7) is 1.99. The second kappa shape index (κ2) is 7.25. The molecule has 6 nitrogen and oxygen atoms in total. The first-order chi connectivity index (χ1) is 11.9. The third-order valence-corrected chi connectivity index (χ3v) is 5.91. The number of halogens is 2. The van der Waals surface area contributed by atoms with Gasteiger partial charge in [0, 0.05) is 29.6 Å². The summed E-state index contributed by atoms with van der Waals surface area (Å²) >= 11 is 9.29. The van der Waals surface area contributed by atoms with E-state index in [0.29, 0.717) is 10.3 Å². The van der Waals surface area contributed by atoms with Crippen molar-refractivity contribution in [1.82, 2.24) is 19.3 Å². The average Bonchev–Trinajstić information content (AvgIpc) is 2.99. The van der Waals surface area contributed by atoms with Crippen LogP contribution in [0.15, 0.2) is 58.3 Å². The van der Waals surface area contributed by atoms with Crippen molar-refractivity contribution in [2.45, 2.75) is 18.4 Å². The zero-order valence-electron chi connectivity index (χ0n) is 13.1. The fourth-order valence-electron chi connectivity index (χ4n) is 2.27. The lowest BCUT2D eigenvalue weighted by Gasteiger charge is -2.10. The van der Waals surface area contributed by atoms with Crippen molar-refractivity contribution in [3.63, 3.8) is 0 Å². The van der Waals surface area contributed by atoms with E-state index < -0.39 is 10.0 Å². The van der Waals surface area contributed by atoms with Gasteiger partial charge in [0.25, 0.3) is 0 Å². The van der Waals surface area contributed by atoms with Gasteiger partial charge in [-0.2, -0.15) is 0 Å². The van der Waals surface area contributed by atoms with Gasteiger partial charge in [0.2, 0.25) is 10.0 Å². The van der Waals surface area contributed by atoms with Gasteiger partial charge in [-0.15, -0.1) is 0 Å². The number of hydrogen-bond acceptors (Lipinski definition) is 4. The topological polar surface area (TPSA) is 76.9 Å². The molecule has 2 aromatic heterocycles. The van der Waals surface area contributed by atoms with Crippen molar-refractivity contribution in [3.05, 3.63) is 69.8 Å². The summed E-state index contributed by atoms with van der Waals surface area (Å²) in [6.07, 6.45) is 5.11. The van der Waals surface area contributed by atoms with Crippen LogP contribution in [0.4, 0.5) is 0 Å². The molecule has 0 fully saturated rings. The fourth-order valence-corrected chi connectivity index (χ4v) is 4.32. The molecule has 25 heavy (non-hydrogen) atoms. The number of aromatic nitrogens is 3. The van der Waals surface area contributed by atoms with Gasteiger partial charge < -0.3 is 0 Å². The summed E-state index contributed by atoms with van der Waals surface area (Å²) in [5, 5.41) is 0.159. The molecule has 0 bridgehead atoms. The monoisotopic (exact) mass is 440 g/mol. The standard InChI is InChI=1S/C16H14BrClN4O2S/c1-11-19-6-7-22(11)16-8-12(4-5-20-16)10-21-25(23,24)15-3-2-13(17)9-14(15)18/h2-9,21H,10H2,1H3. The van der Waals surface area contributed by atoms with E-state index in [1.165, 1.54) is 6.07 Å². The summed E-state index contributed by atoms with van der Waals surface area (Å²) < 4.78 is 30.0. The Hall–Kier alpha value is -1.74. The molecular formula is C16H14BrClN4O2S. The van der Waals surface area contributed by atoms with E-state index in [-0.39, 0.29) is 16.5 Å². The molecule has 2 heterocycles. The highest BCUT2D eigenvalue weighted by atomic mass is 79.9. The Morgan fingerprint density at radius 2 is 2.00 bits per heavy atom. The Morgan fingerprint density at radius 1 is 1.20 bits per heavy atom. The first-order valence-electron chi connectivity index (χ1n) is 7.27. The van der Waals surface area contributed by atoms with E-state index >= 15 is 0 Å². The van der Waals surface area contributed by atoms with E-state index in [2.05, 4.69) is 30.6 Å². The molecule has 0 amide bonds. The second-order valence-corrected chi connectivity index (χ2v) is 8.32. The minimum Gasteiger partial charge on any atom is -0.288 e. The number of nitrogens with one attached hydrogen (secondary N) is 1. The largest absolute Gasteiger partial charge is 0.288 e. The zero-order valence-corrected chi connectivity index (χ0v) is 16.3. The first-order valence-corrected chi connectivity index (χ1v) is 9.92. The molecular weight excluding hydrogens is 428 g/mol. The van der Waals surface area contributed by atoms with Crippen LogP contribution in [0.25, 0.3) is 5.82 Å². The molecule has 0 unspecified atom stereocenters. The molecule has 0 atom stereocenters. The smallest absolute Gasteiger partial charge is 0.242 e. The molecule has 1 N–H and O–H groups in total. The number of pyridine rings is 1. The third kappa shape index (κ3) is 4.09. The van der Waals surface area contributed by atoms with E-state index in [1.54, 1.807) is 42.9 Å². The van der Waals surface area contributed by atoms with Gasteiger partial charge in [-0.1, -0.05) is 27.5 Å². The predicted molar refractivity (Wildman–Crippen MR) is 99.3 cm³/mol. The van der Waals surface area contributed by atoms with Crippen LogP contribution >= 0.6 is 27.5 Å². The van der Waals surface area contributed by atoms with Crippen LogP contribution in [-0.2, 0) is 16.6 Å². The van der Waals surface area contributed by atoms with Gasteiger partial charge in [-0.3, -0.25) is 4.57 Å². The van der Waals surface area contributed by atoms with Gasteiger partial charge in [0.05, 0.1) is 5.02 Å². The summed E-state index contributed by atoms with van der Waals surface area (Å²) in [4.78, 5) is 8.48. The van der Waals surface area contributed by atoms with Crippen molar-refractivity contribution in [2.24, 2.45) is 0 Å². The Bertz CT molecular complexity index is 1020. The highest BCUT2D eigenvalue weighted by Crippen LogP contribution is 2.25. The van der Waals surface area contributed by atoms with Crippen molar-refractivity contribution < 1.29 is 8.42 Å². The minimum absolute atomic E-state index is 0.0390. The molecule has 0 radical (unpaired) electrons. The lowest BCUT2D eigenvalue weighted by atomic mass is 10.2. The van der Waals surface area contributed by atoms with E-state index in [9.17, 15) is 8.42 Å². The summed E-state index contributed by atoms with van der Waals surface area (Å²) in [5.41, 5.74) is 0.773. The molecule has 0 aliphatic heterocycles. The molecule has 0 saturated carbocycles. The van der Waals surface area contributed by atoms with Crippen LogP contribution in [0.5, 0.6) is 0 Å². The maximum atomic E-state index is 12.5. The van der Waals surface area contributed by atoms with Crippen LogP contribution in [0.1, 0.15) is 11.4 Å². The molecule has 1 aromatic carbocycles. The first kappa shape index (κ1) is 18.1. The third-order valence-electron chi connectivity index (χ3n) is 3.53. The molecule has 0 aliphatic rings. The van der Waals surface area contributed by atoms with Crippen molar-refractivity contribution >= 4 is 37.6 Å². The SMILES string of the molecule is Cc1nccn1-c1cc(CNS(=O)(=O)c2ccc(Br)cc2Cl)ccn1. The summed E-state index contributed by atoms with van der Waals surface area (Å²) in [6, 6.07) is 8.19. The van der Waals surface area contributed by atoms with Crippen LogP contribution < -0.4 is 4.72 Å². The lowest BCUT2D eigenvalue weighted by molar-refractivity contribution is 0.581. The van der Waals surface area contributed by atoms with Crippen LogP contribution in [0, 0.1) is 6.92 Å². The molecule has 3 rings (SSSR count). The number of benzene rings is 1. The molecule has 3 aromatic rings. The zero-order chi connectivity index (χ0) is 18.0. The Morgan fingerprint density at radius 3 is 2.68 bits per heavy atom.